The molecule has 0 aliphatic carbocycles. The van der Waals surface area contributed by atoms with Crippen LogP contribution in [-0.2, 0) is 6.54 Å². The number of benzene rings is 1. The van der Waals surface area contributed by atoms with Crippen LogP contribution in [0.2, 0.25) is 0 Å². The average Bonchev–Trinajstić information content (AvgIpc) is 2.33. The van der Waals surface area contributed by atoms with Crippen molar-refractivity contribution in [1.82, 2.24) is 5.32 Å². The summed E-state index contributed by atoms with van der Waals surface area (Å²) in [5.41, 5.74) is 4.57. The molecule has 0 saturated carbocycles. The largest absolute Gasteiger partial charge is 0.369 e. The minimum Gasteiger partial charge on any atom is -0.369 e. The Morgan fingerprint density at radius 1 is 1.39 bits per heavy atom. The van der Waals surface area contributed by atoms with Gasteiger partial charge in [-0.05, 0) is 49.9 Å². The lowest BCUT2D eigenvalue weighted by Gasteiger charge is -2.45. The highest BCUT2D eigenvalue weighted by Crippen LogP contribution is 2.42. The molecular weight excluding hydrogens is 220 g/mol. The third kappa shape index (κ3) is 2.39. The van der Waals surface area contributed by atoms with Crippen LogP contribution in [0.1, 0.15) is 51.2 Å². The molecule has 0 radical (unpaired) electrons. The molecule has 1 heterocycles. The maximum absolute atomic E-state index is 3.40. The summed E-state index contributed by atoms with van der Waals surface area (Å²) in [6, 6.07) is 6.93. The highest BCUT2D eigenvalue weighted by Gasteiger charge is 2.33. The Morgan fingerprint density at radius 2 is 2.11 bits per heavy atom. The summed E-state index contributed by atoms with van der Waals surface area (Å²) in [6.45, 7) is 11.2. The molecule has 1 aliphatic heterocycles. The van der Waals surface area contributed by atoms with Gasteiger partial charge in [0.1, 0.15) is 0 Å². The minimum absolute atomic E-state index is 0.260. The second kappa shape index (κ2) is 4.93. The van der Waals surface area contributed by atoms with Gasteiger partial charge in [0.25, 0.3) is 0 Å². The molecule has 1 aromatic carbocycles. The Morgan fingerprint density at radius 3 is 2.78 bits per heavy atom. The highest BCUT2D eigenvalue weighted by molar-refractivity contribution is 5.60. The molecule has 0 bridgehead atoms. The van der Waals surface area contributed by atoms with Crippen LogP contribution in [0.15, 0.2) is 18.2 Å². The van der Waals surface area contributed by atoms with E-state index in [1.54, 1.807) is 0 Å². The number of hydrogen-bond acceptors (Lipinski definition) is 2. The van der Waals surface area contributed by atoms with Gasteiger partial charge < -0.3 is 10.2 Å². The van der Waals surface area contributed by atoms with E-state index in [4.69, 9.17) is 0 Å². The molecule has 100 valence electrons. The maximum atomic E-state index is 3.40. The van der Waals surface area contributed by atoms with Crippen LogP contribution >= 0.6 is 0 Å². The summed E-state index contributed by atoms with van der Waals surface area (Å²) >= 11 is 0. The van der Waals surface area contributed by atoms with E-state index in [-0.39, 0.29) is 5.54 Å². The van der Waals surface area contributed by atoms with Crippen molar-refractivity contribution in [3.05, 3.63) is 29.3 Å². The van der Waals surface area contributed by atoms with Crippen molar-refractivity contribution < 1.29 is 0 Å². The third-order valence-corrected chi connectivity index (χ3v) is 4.28. The van der Waals surface area contributed by atoms with E-state index in [0.717, 1.165) is 13.1 Å². The predicted octanol–water partition coefficient (Wildman–Crippen LogP) is 3.52. The Balaban J connectivity index is 2.33. The highest BCUT2D eigenvalue weighted by atomic mass is 15.2. The topological polar surface area (TPSA) is 15.3 Å². The fourth-order valence-electron chi connectivity index (χ4n) is 3.01. The van der Waals surface area contributed by atoms with Crippen molar-refractivity contribution in [2.75, 3.05) is 18.5 Å². The molecule has 0 fully saturated rings. The summed E-state index contributed by atoms with van der Waals surface area (Å²) in [6.07, 6.45) is 1.22. The number of nitrogens with one attached hydrogen (secondary N) is 1. The van der Waals surface area contributed by atoms with Gasteiger partial charge in [0.2, 0.25) is 0 Å². The summed E-state index contributed by atoms with van der Waals surface area (Å²) < 4.78 is 0. The number of fused-ring (bicyclic) bond motifs is 1. The van der Waals surface area contributed by atoms with E-state index in [0.29, 0.717) is 5.92 Å². The van der Waals surface area contributed by atoms with Crippen molar-refractivity contribution >= 4 is 5.69 Å². The average molecular weight is 246 g/mol. The van der Waals surface area contributed by atoms with Gasteiger partial charge in [0.05, 0.1) is 0 Å². The first-order valence-corrected chi connectivity index (χ1v) is 7.03. The zero-order valence-electron chi connectivity index (χ0n) is 12.4. The molecule has 0 amide bonds. The summed E-state index contributed by atoms with van der Waals surface area (Å²) in [5, 5.41) is 3.40. The summed E-state index contributed by atoms with van der Waals surface area (Å²) in [4.78, 5) is 2.43. The number of anilines is 1. The first kappa shape index (κ1) is 13.4. The van der Waals surface area contributed by atoms with Gasteiger partial charge in [-0.1, -0.05) is 26.0 Å². The summed E-state index contributed by atoms with van der Waals surface area (Å²) in [5.74, 6) is 0.646. The minimum atomic E-state index is 0.260. The van der Waals surface area contributed by atoms with E-state index in [1.165, 1.54) is 23.2 Å². The Labute approximate surface area is 111 Å². The molecule has 1 atom stereocenters. The number of hydrogen-bond donors (Lipinski definition) is 1. The Hall–Kier alpha value is -1.02. The molecule has 1 aromatic rings. The first-order chi connectivity index (χ1) is 8.45. The van der Waals surface area contributed by atoms with Crippen LogP contribution in [-0.4, -0.2) is 19.1 Å². The standard InChI is InChI=1S/C16H26N2/c1-6-17-11-13-7-8-15-14(9-13)12(2)10-16(3,4)18(15)5/h7-9,12,17H,6,10-11H2,1-5H3/t12-/m1/s1. The molecule has 0 unspecified atom stereocenters. The Bertz CT molecular complexity index is 423. The lowest BCUT2D eigenvalue weighted by atomic mass is 9.80. The van der Waals surface area contributed by atoms with Gasteiger partial charge in [0, 0.05) is 24.8 Å². The van der Waals surface area contributed by atoms with Crippen LogP contribution in [0.5, 0.6) is 0 Å². The molecule has 0 aromatic heterocycles. The van der Waals surface area contributed by atoms with Gasteiger partial charge in [-0.25, -0.2) is 0 Å². The fraction of sp³-hybridized carbons (Fsp3) is 0.625. The van der Waals surface area contributed by atoms with Crippen molar-refractivity contribution in [1.29, 1.82) is 0 Å². The lowest BCUT2D eigenvalue weighted by Crippen LogP contribution is -2.45. The maximum Gasteiger partial charge on any atom is 0.0403 e. The van der Waals surface area contributed by atoms with E-state index in [2.05, 4.69) is 63.2 Å². The first-order valence-electron chi connectivity index (χ1n) is 7.03. The van der Waals surface area contributed by atoms with Crippen molar-refractivity contribution in [3.8, 4) is 0 Å². The third-order valence-electron chi connectivity index (χ3n) is 4.28. The zero-order chi connectivity index (χ0) is 13.3. The monoisotopic (exact) mass is 246 g/mol. The van der Waals surface area contributed by atoms with Gasteiger partial charge in [-0.15, -0.1) is 0 Å². The van der Waals surface area contributed by atoms with E-state index < -0.39 is 0 Å². The van der Waals surface area contributed by atoms with Gasteiger partial charge in [-0.3, -0.25) is 0 Å². The Kier molecular flexibility index (Phi) is 3.67. The van der Waals surface area contributed by atoms with Crippen LogP contribution in [0.3, 0.4) is 0 Å². The molecule has 0 spiro atoms. The van der Waals surface area contributed by atoms with Crippen LogP contribution < -0.4 is 10.2 Å². The smallest absolute Gasteiger partial charge is 0.0403 e. The van der Waals surface area contributed by atoms with Crippen LogP contribution in [0, 0.1) is 0 Å². The quantitative estimate of drug-likeness (QED) is 0.878. The molecule has 1 aliphatic rings. The van der Waals surface area contributed by atoms with E-state index in [9.17, 15) is 0 Å². The molecule has 2 nitrogen and oxygen atoms in total. The number of nitrogens with zero attached hydrogens (tertiary/aromatic N) is 1. The summed E-state index contributed by atoms with van der Waals surface area (Å²) in [7, 11) is 2.22. The van der Waals surface area contributed by atoms with Crippen molar-refractivity contribution in [2.24, 2.45) is 0 Å². The van der Waals surface area contributed by atoms with E-state index in [1.807, 2.05) is 0 Å². The molecule has 2 heteroatoms. The van der Waals surface area contributed by atoms with E-state index >= 15 is 0 Å². The van der Waals surface area contributed by atoms with Crippen LogP contribution in [0.4, 0.5) is 5.69 Å². The molecular formula is C16H26N2. The second-order valence-electron chi connectivity index (χ2n) is 6.15. The van der Waals surface area contributed by atoms with Gasteiger partial charge in [-0.2, -0.15) is 0 Å². The van der Waals surface area contributed by atoms with Crippen LogP contribution in [0.25, 0.3) is 0 Å². The molecule has 18 heavy (non-hydrogen) atoms. The molecule has 2 rings (SSSR count). The fourth-order valence-corrected chi connectivity index (χ4v) is 3.01. The van der Waals surface area contributed by atoms with Gasteiger partial charge in [0.15, 0.2) is 0 Å². The normalized spacial score (nSPS) is 21.8. The number of rotatable bonds is 3. The van der Waals surface area contributed by atoms with Gasteiger partial charge >= 0.3 is 0 Å². The van der Waals surface area contributed by atoms with Crippen molar-refractivity contribution in [3.63, 3.8) is 0 Å². The molecule has 1 N–H and O–H groups in total. The molecule has 0 saturated heterocycles. The second-order valence-corrected chi connectivity index (χ2v) is 6.15. The SMILES string of the molecule is CCNCc1ccc2c(c1)[C@H](C)CC(C)(C)N2C. The lowest BCUT2D eigenvalue weighted by molar-refractivity contribution is 0.395. The van der Waals surface area contributed by atoms with Crippen molar-refractivity contribution in [2.45, 2.75) is 52.1 Å². The zero-order valence-corrected chi connectivity index (χ0v) is 12.4. The predicted molar refractivity (Wildman–Crippen MR) is 79.3 cm³/mol.